The Hall–Kier alpha value is -0.820. The van der Waals surface area contributed by atoms with Gasteiger partial charge in [-0.3, -0.25) is 0 Å². The minimum absolute atomic E-state index is 0.0469. The summed E-state index contributed by atoms with van der Waals surface area (Å²) in [5.41, 5.74) is 10.9. The molecule has 17 heavy (non-hydrogen) atoms. The molecule has 1 aliphatic rings. The van der Waals surface area contributed by atoms with Gasteiger partial charge in [0.25, 0.3) is 0 Å². The summed E-state index contributed by atoms with van der Waals surface area (Å²) in [5, 5.41) is 0. The van der Waals surface area contributed by atoms with Crippen molar-refractivity contribution in [3.63, 3.8) is 0 Å². The van der Waals surface area contributed by atoms with Crippen molar-refractivity contribution in [2.75, 3.05) is 0 Å². The van der Waals surface area contributed by atoms with Crippen LogP contribution in [0.3, 0.4) is 0 Å². The van der Waals surface area contributed by atoms with Crippen molar-refractivity contribution in [2.24, 2.45) is 5.73 Å². The molecule has 1 aliphatic carbocycles. The molecule has 0 aromatic heterocycles. The third-order valence-electron chi connectivity index (χ3n) is 4.25. The molecule has 0 unspecified atom stereocenters. The quantitative estimate of drug-likeness (QED) is 0.838. The fourth-order valence-corrected chi connectivity index (χ4v) is 3.07. The molecule has 1 saturated carbocycles. The average molecular weight is 231 g/mol. The molecule has 0 bridgehead atoms. The Kier molecular flexibility index (Phi) is 3.88. The molecule has 1 nitrogen and oxygen atoms in total. The van der Waals surface area contributed by atoms with Gasteiger partial charge in [-0.1, -0.05) is 51.3 Å². The highest BCUT2D eigenvalue weighted by atomic mass is 14.7. The molecule has 1 fully saturated rings. The second-order valence-electron chi connectivity index (χ2n) is 5.42. The van der Waals surface area contributed by atoms with Crippen molar-refractivity contribution in [1.82, 2.24) is 0 Å². The molecule has 94 valence electrons. The maximum absolute atomic E-state index is 6.68. The van der Waals surface area contributed by atoms with Crippen LogP contribution in [0.4, 0.5) is 0 Å². The molecular weight excluding hydrogens is 206 g/mol. The molecule has 0 aliphatic heterocycles. The Labute approximate surface area is 105 Å². The Balaban J connectivity index is 2.40. The van der Waals surface area contributed by atoms with E-state index in [2.05, 4.69) is 32.0 Å². The molecule has 1 aromatic rings. The summed E-state index contributed by atoms with van der Waals surface area (Å²) in [7, 11) is 0. The zero-order valence-corrected chi connectivity index (χ0v) is 11.3. The maximum atomic E-state index is 6.68. The fraction of sp³-hybridized carbons (Fsp3) is 0.625. The number of rotatable bonds is 3. The topological polar surface area (TPSA) is 26.0 Å². The number of hydrogen-bond acceptors (Lipinski definition) is 1. The summed E-state index contributed by atoms with van der Waals surface area (Å²) in [6.45, 7) is 4.45. The van der Waals surface area contributed by atoms with Gasteiger partial charge >= 0.3 is 0 Å². The third-order valence-corrected chi connectivity index (χ3v) is 4.25. The Morgan fingerprint density at radius 2 is 1.76 bits per heavy atom. The van der Waals surface area contributed by atoms with E-state index in [0.29, 0.717) is 0 Å². The van der Waals surface area contributed by atoms with Crippen LogP contribution in [0.15, 0.2) is 18.2 Å². The van der Waals surface area contributed by atoms with E-state index in [4.69, 9.17) is 5.73 Å². The van der Waals surface area contributed by atoms with Gasteiger partial charge in [-0.05, 0) is 42.4 Å². The van der Waals surface area contributed by atoms with Crippen LogP contribution in [0.25, 0.3) is 0 Å². The average Bonchev–Trinajstić information content (AvgIpc) is 2.39. The summed E-state index contributed by atoms with van der Waals surface area (Å²) in [5.74, 6) is 0. The summed E-state index contributed by atoms with van der Waals surface area (Å²) < 4.78 is 0. The molecule has 0 spiro atoms. The highest BCUT2D eigenvalue weighted by Crippen LogP contribution is 2.37. The van der Waals surface area contributed by atoms with Crippen LogP contribution < -0.4 is 5.73 Å². The van der Waals surface area contributed by atoms with E-state index in [-0.39, 0.29) is 5.54 Å². The summed E-state index contributed by atoms with van der Waals surface area (Å²) in [6.07, 6.45) is 8.45. The Bertz CT molecular complexity index is 375. The van der Waals surface area contributed by atoms with Gasteiger partial charge in [-0.15, -0.1) is 0 Å². The first kappa shape index (κ1) is 12.6. The predicted molar refractivity (Wildman–Crippen MR) is 74.1 cm³/mol. The second kappa shape index (κ2) is 5.22. The van der Waals surface area contributed by atoms with Crippen molar-refractivity contribution in [1.29, 1.82) is 0 Å². The van der Waals surface area contributed by atoms with E-state index in [1.807, 2.05) is 0 Å². The zero-order valence-electron chi connectivity index (χ0n) is 11.3. The molecule has 0 saturated heterocycles. The van der Waals surface area contributed by atoms with E-state index in [1.54, 1.807) is 0 Å². The zero-order chi connectivity index (χ0) is 12.3. The number of hydrogen-bond donors (Lipinski definition) is 1. The van der Waals surface area contributed by atoms with Gasteiger partial charge in [0.2, 0.25) is 0 Å². The minimum atomic E-state index is -0.0469. The molecule has 1 aromatic carbocycles. The van der Waals surface area contributed by atoms with Crippen LogP contribution in [0.1, 0.15) is 62.6 Å². The lowest BCUT2D eigenvalue weighted by atomic mass is 9.75. The van der Waals surface area contributed by atoms with Crippen molar-refractivity contribution in [3.05, 3.63) is 34.9 Å². The van der Waals surface area contributed by atoms with E-state index < -0.39 is 0 Å². The first-order chi connectivity index (χ1) is 8.19. The van der Waals surface area contributed by atoms with Crippen molar-refractivity contribution >= 4 is 0 Å². The van der Waals surface area contributed by atoms with Gasteiger partial charge in [0.1, 0.15) is 0 Å². The van der Waals surface area contributed by atoms with Crippen LogP contribution in [0, 0.1) is 0 Å². The lowest BCUT2D eigenvalue weighted by Gasteiger charge is -2.35. The van der Waals surface area contributed by atoms with E-state index >= 15 is 0 Å². The third kappa shape index (κ3) is 2.55. The molecule has 0 amide bonds. The van der Waals surface area contributed by atoms with Gasteiger partial charge in [0.05, 0.1) is 0 Å². The maximum Gasteiger partial charge on any atom is 0.0412 e. The Morgan fingerprint density at radius 3 is 2.35 bits per heavy atom. The molecule has 0 atom stereocenters. The normalized spacial score (nSPS) is 19.2. The molecule has 2 rings (SSSR count). The lowest BCUT2D eigenvalue weighted by Crippen LogP contribution is -2.39. The molecule has 1 heteroatoms. The van der Waals surface area contributed by atoms with Gasteiger partial charge in [0, 0.05) is 5.54 Å². The highest BCUT2D eigenvalue weighted by molar-refractivity contribution is 5.37. The first-order valence-corrected chi connectivity index (χ1v) is 7.11. The van der Waals surface area contributed by atoms with E-state index in [0.717, 1.165) is 25.7 Å². The highest BCUT2D eigenvalue weighted by Gasteiger charge is 2.31. The van der Waals surface area contributed by atoms with Crippen molar-refractivity contribution < 1.29 is 0 Å². The fourth-order valence-electron chi connectivity index (χ4n) is 3.07. The van der Waals surface area contributed by atoms with Crippen LogP contribution in [-0.2, 0) is 18.4 Å². The van der Waals surface area contributed by atoms with Crippen LogP contribution >= 0.6 is 0 Å². The van der Waals surface area contributed by atoms with Gasteiger partial charge < -0.3 is 5.73 Å². The summed E-state index contributed by atoms with van der Waals surface area (Å²) >= 11 is 0. The minimum Gasteiger partial charge on any atom is -0.321 e. The molecule has 0 heterocycles. The van der Waals surface area contributed by atoms with Crippen molar-refractivity contribution in [2.45, 2.75) is 64.3 Å². The monoisotopic (exact) mass is 231 g/mol. The standard InChI is InChI=1S/C16H25N/c1-3-13-8-9-14(4-2)15(12-13)16(17)10-6-5-7-11-16/h8-9,12H,3-7,10-11,17H2,1-2H3. The summed E-state index contributed by atoms with van der Waals surface area (Å²) in [4.78, 5) is 0. The SMILES string of the molecule is CCc1ccc(CC)c(C2(N)CCCCC2)c1. The first-order valence-electron chi connectivity index (χ1n) is 7.11. The lowest BCUT2D eigenvalue weighted by molar-refractivity contribution is 0.300. The number of aryl methyl sites for hydroxylation is 2. The van der Waals surface area contributed by atoms with Gasteiger partial charge in [0.15, 0.2) is 0 Å². The van der Waals surface area contributed by atoms with Crippen LogP contribution in [-0.4, -0.2) is 0 Å². The smallest absolute Gasteiger partial charge is 0.0412 e. The molecular formula is C16H25N. The number of benzene rings is 1. The van der Waals surface area contributed by atoms with Gasteiger partial charge in [-0.2, -0.15) is 0 Å². The number of nitrogens with two attached hydrogens (primary N) is 1. The largest absolute Gasteiger partial charge is 0.321 e. The molecule has 2 N–H and O–H groups in total. The molecule has 0 radical (unpaired) electrons. The second-order valence-corrected chi connectivity index (χ2v) is 5.42. The predicted octanol–water partition coefficient (Wildman–Crippen LogP) is 3.93. The van der Waals surface area contributed by atoms with Gasteiger partial charge in [-0.25, -0.2) is 0 Å². The van der Waals surface area contributed by atoms with E-state index in [1.165, 1.54) is 36.0 Å². The van der Waals surface area contributed by atoms with E-state index in [9.17, 15) is 0 Å². The van der Waals surface area contributed by atoms with Crippen LogP contribution in [0.2, 0.25) is 0 Å². The Morgan fingerprint density at radius 1 is 1.06 bits per heavy atom. The summed E-state index contributed by atoms with van der Waals surface area (Å²) in [6, 6.07) is 6.91. The van der Waals surface area contributed by atoms with Crippen LogP contribution in [0.5, 0.6) is 0 Å². The van der Waals surface area contributed by atoms with Crippen molar-refractivity contribution in [3.8, 4) is 0 Å².